The molecule has 0 N–H and O–H groups in total. The van der Waals surface area contributed by atoms with E-state index in [1.165, 1.54) is 0 Å². The van der Waals surface area contributed by atoms with Crippen LogP contribution in [0.4, 0.5) is 0 Å². The maximum Gasteiger partial charge on any atom is 0.222 e. The largest absolute Gasteiger partial charge is 0.368 e. The van der Waals surface area contributed by atoms with Gasteiger partial charge >= 0.3 is 0 Å². The number of ether oxygens (including phenoxy) is 1. The summed E-state index contributed by atoms with van der Waals surface area (Å²) >= 11 is 0. The molecule has 0 aromatic carbocycles. The summed E-state index contributed by atoms with van der Waals surface area (Å²) in [7, 11) is 0. The lowest BCUT2D eigenvalue weighted by molar-refractivity contribution is -0.131. The summed E-state index contributed by atoms with van der Waals surface area (Å²) in [5.74, 6) is 2.71. The van der Waals surface area contributed by atoms with Crippen molar-refractivity contribution in [1.82, 2.24) is 19.9 Å². The van der Waals surface area contributed by atoms with Crippen LogP contribution >= 0.6 is 0 Å². The van der Waals surface area contributed by atoms with E-state index in [1.807, 2.05) is 9.58 Å². The van der Waals surface area contributed by atoms with Crippen molar-refractivity contribution in [1.29, 1.82) is 0 Å². The Kier molecular flexibility index (Phi) is 3.38. The Hall–Kier alpha value is -2.27. The van der Waals surface area contributed by atoms with Crippen molar-refractivity contribution < 1.29 is 9.53 Å². The molecule has 23 heavy (non-hydrogen) atoms. The number of aromatic nitrogens is 3. The first-order chi connectivity index (χ1) is 11.2. The fraction of sp³-hybridized carbons (Fsp3) is 0.667. The molecule has 1 aromatic rings. The third-order valence-corrected chi connectivity index (χ3v) is 4.79. The van der Waals surface area contributed by atoms with E-state index in [0.717, 1.165) is 12.1 Å². The quantitative estimate of drug-likeness (QED) is 0.756. The predicted molar refractivity (Wildman–Crippen MR) is 79.1 cm³/mol. The van der Waals surface area contributed by atoms with E-state index in [-0.39, 0.29) is 18.1 Å². The zero-order chi connectivity index (χ0) is 15.9. The van der Waals surface area contributed by atoms with E-state index in [1.54, 1.807) is 6.20 Å². The van der Waals surface area contributed by atoms with Crippen molar-refractivity contribution >= 4 is 5.91 Å². The Bertz CT molecular complexity index is 684. The molecule has 0 spiro atoms. The van der Waals surface area contributed by atoms with Gasteiger partial charge in [0.2, 0.25) is 5.91 Å². The summed E-state index contributed by atoms with van der Waals surface area (Å²) in [5, 5.41) is 16.2. The van der Waals surface area contributed by atoms with Gasteiger partial charge in [0.05, 0.1) is 30.6 Å². The maximum atomic E-state index is 12.5. The highest BCUT2D eigenvalue weighted by Gasteiger charge is 2.43. The molecule has 8 nitrogen and oxygen atoms in total. The van der Waals surface area contributed by atoms with Crippen LogP contribution < -0.4 is 0 Å². The number of nitrogens with zero attached hydrogens (tertiary/aromatic N) is 6. The van der Waals surface area contributed by atoms with Gasteiger partial charge in [0.15, 0.2) is 5.66 Å². The van der Waals surface area contributed by atoms with Crippen molar-refractivity contribution in [2.75, 3.05) is 13.1 Å². The number of carbonyl (C=O) groups excluding carboxylic acids is 1. The van der Waals surface area contributed by atoms with Crippen LogP contribution in [-0.4, -0.2) is 50.7 Å². The molecule has 1 saturated heterocycles. The zero-order valence-corrected chi connectivity index (χ0v) is 12.8. The molecule has 0 unspecified atom stereocenters. The molecular weight excluding hydrogens is 296 g/mol. The molecule has 3 aliphatic rings. The van der Waals surface area contributed by atoms with E-state index in [0.29, 0.717) is 39.0 Å². The van der Waals surface area contributed by atoms with E-state index in [4.69, 9.17) is 11.2 Å². The van der Waals surface area contributed by atoms with Crippen LogP contribution in [0.1, 0.15) is 37.4 Å². The highest BCUT2D eigenvalue weighted by molar-refractivity contribution is 5.76. The second-order valence-electron chi connectivity index (χ2n) is 6.27. The summed E-state index contributed by atoms with van der Waals surface area (Å²) in [6, 6.07) is 0.0656. The molecule has 1 fully saturated rings. The van der Waals surface area contributed by atoms with E-state index in [2.05, 4.69) is 26.5 Å². The van der Waals surface area contributed by atoms with Gasteiger partial charge in [0, 0.05) is 38.8 Å². The first-order valence-corrected chi connectivity index (χ1v) is 7.87. The number of terminal acetylenes is 1. The smallest absolute Gasteiger partial charge is 0.222 e. The van der Waals surface area contributed by atoms with Gasteiger partial charge in [-0.1, -0.05) is 5.21 Å². The zero-order valence-electron chi connectivity index (χ0n) is 12.8. The average Bonchev–Trinajstić information content (AvgIpc) is 2.99. The van der Waals surface area contributed by atoms with Crippen molar-refractivity contribution in [2.45, 2.75) is 50.1 Å². The van der Waals surface area contributed by atoms with E-state index >= 15 is 0 Å². The molecule has 2 atom stereocenters. The maximum absolute atomic E-state index is 12.5. The SMILES string of the molecule is C#CCCC1(CCC(=O)N2C[C@@H]3OCc4cnnn4[C@H]3C2)N=N1. The van der Waals surface area contributed by atoms with Crippen LogP contribution in [0.25, 0.3) is 0 Å². The van der Waals surface area contributed by atoms with Crippen molar-refractivity contribution in [3.63, 3.8) is 0 Å². The third-order valence-electron chi connectivity index (χ3n) is 4.79. The Morgan fingerprint density at radius 3 is 3.09 bits per heavy atom. The summed E-state index contributed by atoms with van der Waals surface area (Å²) in [5.41, 5.74) is 0.564. The normalized spacial score (nSPS) is 26.5. The van der Waals surface area contributed by atoms with Crippen LogP contribution in [-0.2, 0) is 16.1 Å². The van der Waals surface area contributed by atoms with Gasteiger partial charge in [0.1, 0.15) is 0 Å². The minimum Gasteiger partial charge on any atom is -0.368 e. The van der Waals surface area contributed by atoms with Crippen molar-refractivity contribution in [2.24, 2.45) is 10.2 Å². The molecule has 0 radical (unpaired) electrons. The van der Waals surface area contributed by atoms with Crippen molar-refractivity contribution in [3.05, 3.63) is 11.9 Å². The Morgan fingerprint density at radius 2 is 2.30 bits per heavy atom. The highest BCUT2D eigenvalue weighted by Crippen LogP contribution is 2.38. The highest BCUT2D eigenvalue weighted by atomic mass is 16.5. The lowest BCUT2D eigenvalue weighted by Crippen LogP contribution is -2.32. The predicted octanol–water partition coefficient (Wildman–Crippen LogP) is 0.916. The van der Waals surface area contributed by atoms with Gasteiger partial charge < -0.3 is 9.64 Å². The van der Waals surface area contributed by atoms with Crippen molar-refractivity contribution in [3.8, 4) is 12.3 Å². The van der Waals surface area contributed by atoms with Gasteiger partial charge in [-0.25, -0.2) is 4.68 Å². The molecule has 120 valence electrons. The second-order valence-corrected chi connectivity index (χ2v) is 6.27. The molecule has 4 rings (SSSR count). The Labute approximate surface area is 133 Å². The minimum atomic E-state index is -0.399. The van der Waals surface area contributed by atoms with Gasteiger partial charge in [-0.2, -0.15) is 10.2 Å². The molecule has 0 bridgehead atoms. The molecular formula is C15H18N6O2. The molecule has 4 heterocycles. The number of hydrogen-bond donors (Lipinski definition) is 0. The second kappa shape index (κ2) is 5.42. The van der Waals surface area contributed by atoms with Gasteiger partial charge in [-0.3, -0.25) is 4.79 Å². The molecule has 0 aliphatic carbocycles. The first kappa shape index (κ1) is 14.3. The Balaban J connectivity index is 1.34. The number of fused-ring (bicyclic) bond motifs is 3. The van der Waals surface area contributed by atoms with E-state index < -0.39 is 5.66 Å². The minimum absolute atomic E-state index is 0.00106. The van der Waals surface area contributed by atoms with Crippen LogP contribution in [0.2, 0.25) is 0 Å². The first-order valence-electron chi connectivity index (χ1n) is 7.87. The Morgan fingerprint density at radius 1 is 1.43 bits per heavy atom. The summed E-state index contributed by atoms with van der Waals surface area (Å²) in [6.07, 6.45) is 9.43. The van der Waals surface area contributed by atoms with Crippen LogP contribution in [0.5, 0.6) is 0 Å². The number of hydrogen-bond acceptors (Lipinski definition) is 6. The summed E-state index contributed by atoms with van der Waals surface area (Å²) in [4.78, 5) is 14.3. The van der Waals surface area contributed by atoms with Crippen LogP contribution in [0.15, 0.2) is 16.4 Å². The lowest BCUT2D eigenvalue weighted by Gasteiger charge is -2.25. The third kappa shape index (κ3) is 2.61. The van der Waals surface area contributed by atoms with Gasteiger partial charge in [-0.15, -0.1) is 17.4 Å². The lowest BCUT2D eigenvalue weighted by atomic mass is 10.0. The number of rotatable bonds is 5. The van der Waals surface area contributed by atoms with Gasteiger partial charge in [0.25, 0.3) is 0 Å². The number of amides is 1. The average molecular weight is 314 g/mol. The standard InChI is InChI=1S/C15H18N6O2/c1-2-3-5-15(17-18-15)6-4-14(22)20-8-12-13(9-20)23-10-11-7-16-19-21(11)12/h1,7,12-13H,3-6,8-10H2/t12-,13-/m0/s1. The van der Waals surface area contributed by atoms with Crippen LogP contribution in [0, 0.1) is 12.3 Å². The molecule has 8 heteroatoms. The molecule has 0 saturated carbocycles. The molecule has 1 aromatic heterocycles. The molecule has 3 aliphatic heterocycles. The summed E-state index contributed by atoms with van der Waals surface area (Å²) < 4.78 is 7.71. The fourth-order valence-corrected chi connectivity index (χ4v) is 3.33. The monoisotopic (exact) mass is 314 g/mol. The number of likely N-dealkylation sites (tertiary alicyclic amines) is 1. The van der Waals surface area contributed by atoms with Crippen LogP contribution in [0.3, 0.4) is 0 Å². The van der Waals surface area contributed by atoms with Gasteiger partial charge in [-0.05, 0) is 0 Å². The van der Waals surface area contributed by atoms with E-state index in [9.17, 15) is 4.79 Å². The summed E-state index contributed by atoms with van der Waals surface area (Å²) in [6.45, 7) is 1.73. The fourth-order valence-electron chi connectivity index (χ4n) is 3.33. The molecule has 1 amide bonds. The number of carbonyl (C=O) groups is 1. The topological polar surface area (TPSA) is 85.0 Å².